The summed E-state index contributed by atoms with van der Waals surface area (Å²) in [7, 11) is 3.31. The lowest BCUT2D eigenvalue weighted by Gasteiger charge is -2.26. The minimum absolute atomic E-state index is 0.279. The van der Waals surface area contributed by atoms with Gasteiger partial charge in [-0.15, -0.1) is 22.7 Å². The van der Waals surface area contributed by atoms with Crippen molar-refractivity contribution in [3.05, 3.63) is 108 Å². The first-order valence-corrected chi connectivity index (χ1v) is 13.9. The molecule has 0 fully saturated rings. The van der Waals surface area contributed by atoms with Crippen LogP contribution < -0.4 is 14.4 Å². The van der Waals surface area contributed by atoms with Gasteiger partial charge in [0, 0.05) is 36.6 Å². The fraction of sp³-hybridized carbons (Fsp3) is 0.0625. The highest BCUT2D eigenvalue weighted by atomic mass is 32.1. The average molecular weight is 565 g/mol. The molecule has 8 heteroatoms. The summed E-state index contributed by atoms with van der Waals surface area (Å²) in [5.41, 5.74) is 3.83. The van der Waals surface area contributed by atoms with Crippen LogP contribution in [0.5, 0.6) is 11.5 Å². The maximum absolute atomic E-state index is 11.2. The minimum Gasteiger partial charge on any atom is -0.497 e. The highest BCUT2D eigenvalue weighted by Gasteiger charge is 2.14. The Kier molecular flexibility index (Phi) is 7.97. The van der Waals surface area contributed by atoms with Gasteiger partial charge in [0.25, 0.3) is 0 Å². The number of methoxy groups -OCH3 is 2. The number of anilines is 3. The molecule has 0 saturated carbocycles. The molecule has 3 aromatic carbocycles. The summed E-state index contributed by atoms with van der Waals surface area (Å²) in [6, 6.07) is 34.0. The van der Waals surface area contributed by atoms with Crippen LogP contribution in [0.1, 0.15) is 4.88 Å². The number of hydrogen-bond donors (Lipinski definition) is 1. The molecule has 1 N–H and O–H groups in total. The van der Waals surface area contributed by atoms with Gasteiger partial charge < -0.3 is 19.5 Å². The molecule has 2 aromatic heterocycles. The van der Waals surface area contributed by atoms with Crippen LogP contribution in [0.25, 0.3) is 26.3 Å². The zero-order valence-corrected chi connectivity index (χ0v) is 23.3. The van der Waals surface area contributed by atoms with E-state index in [9.17, 15) is 4.79 Å². The number of carboxylic acids is 1. The fourth-order valence-electron chi connectivity index (χ4n) is 4.16. The lowest BCUT2D eigenvalue weighted by Crippen LogP contribution is -2.09. The second-order valence-corrected chi connectivity index (χ2v) is 10.8. The topological polar surface area (TPSA) is 82.8 Å². The molecule has 5 aromatic rings. The van der Waals surface area contributed by atoms with Gasteiger partial charge in [-0.2, -0.15) is 5.26 Å². The normalized spacial score (nSPS) is 11.1. The zero-order chi connectivity index (χ0) is 28.1. The van der Waals surface area contributed by atoms with E-state index in [0.29, 0.717) is 0 Å². The lowest BCUT2D eigenvalue weighted by molar-refractivity contribution is -0.132. The van der Waals surface area contributed by atoms with Crippen LogP contribution >= 0.6 is 22.7 Å². The van der Waals surface area contributed by atoms with Crippen molar-refractivity contribution in [2.24, 2.45) is 0 Å². The zero-order valence-electron chi connectivity index (χ0n) is 21.7. The maximum atomic E-state index is 11.2. The molecule has 198 valence electrons. The Labute approximate surface area is 240 Å². The predicted octanol–water partition coefficient (Wildman–Crippen LogP) is 8.62. The van der Waals surface area contributed by atoms with E-state index < -0.39 is 5.97 Å². The molecule has 0 aliphatic rings. The highest BCUT2D eigenvalue weighted by molar-refractivity contribution is 7.24. The van der Waals surface area contributed by atoms with Crippen molar-refractivity contribution in [2.75, 3.05) is 19.1 Å². The van der Waals surface area contributed by atoms with Crippen molar-refractivity contribution >= 4 is 51.8 Å². The van der Waals surface area contributed by atoms with Crippen molar-refractivity contribution in [3.8, 4) is 37.8 Å². The third-order valence-electron chi connectivity index (χ3n) is 6.18. The first-order valence-electron chi connectivity index (χ1n) is 12.2. The van der Waals surface area contributed by atoms with Crippen molar-refractivity contribution < 1.29 is 19.4 Å². The minimum atomic E-state index is -1.23. The van der Waals surface area contributed by atoms with Crippen molar-refractivity contribution in [1.29, 1.82) is 5.26 Å². The molecule has 0 radical (unpaired) electrons. The maximum Gasteiger partial charge on any atom is 0.346 e. The van der Waals surface area contributed by atoms with Crippen molar-refractivity contribution in [3.63, 3.8) is 0 Å². The van der Waals surface area contributed by atoms with Gasteiger partial charge in [-0.25, -0.2) is 4.79 Å². The molecular formula is C32H24N2O4S2. The number of carboxylic acid groups (broad SMARTS) is 1. The van der Waals surface area contributed by atoms with Crippen molar-refractivity contribution in [1.82, 2.24) is 0 Å². The summed E-state index contributed by atoms with van der Waals surface area (Å²) in [6.45, 7) is 0. The fourth-order valence-corrected chi connectivity index (χ4v) is 6.21. The molecule has 6 nitrogen and oxygen atoms in total. The van der Waals surface area contributed by atoms with E-state index in [2.05, 4.69) is 41.3 Å². The van der Waals surface area contributed by atoms with Gasteiger partial charge >= 0.3 is 5.97 Å². The van der Waals surface area contributed by atoms with Crippen molar-refractivity contribution in [2.45, 2.75) is 0 Å². The molecule has 0 amide bonds. The van der Waals surface area contributed by atoms with E-state index in [1.165, 1.54) is 17.4 Å². The standard InChI is InChI=1S/C32H24N2O4S2/c1-37-26-11-7-24(8-12-26)34(25-9-13-27(38-2)14-10-25)23-5-3-21(4-6-23)29-17-18-31(40-29)30-16-15-28(39-30)19-22(20-33)32(35)36/h3-19H,1-2H3,(H,35,36)/b22-19-. The van der Waals surface area contributed by atoms with Gasteiger partial charge in [0.2, 0.25) is 0 Å². The molecule has 5 rings (SSSR count). The molecule has 0 saturated heterocycles. The second kappa shape index (κ2) is 11.9. The molecule has 0 aliphatic carbocycles. The highest BCUT2D eigenvalue weighted by Crippen LogP contribution is 2.40. The van der Waals surface area contributed by atoms with E-state index in [1.807, 2.05) is 60.7 Å². The van der Waals surface area contributed by atoms with Gasteiger partial charge in [0.1, 0.15) is 23.1 Å². The lowest BCUT2D eigenvalue weighted by atomic mass is 10.1. The smallest absolute Gasteiger partial charge is 0.346 e. The number of benzene rings is 3. The number of ether oxygens (including phenoxy) is 2. The summed E-state index contributed by atoms with van der Waals surface area (Å²) in [5, 5.41) is 18.1. The number of aliphatic carboxylic acids is 1. The first kappa shape index (κ1) is 26.8. The Morgan fingerprint density at radius 3 is 1.70 bits per heavy atom. The molecule has 0 spiro atoms. The SMILES string of the molecule is COc1ccc(N(c2ccc(OC)cc2)c2ccc(-c3ccc(-c4ccc(/C=C(/C#N)C(=O)O)s4)s3)cc2)cc1. The van der Waals surface area contributed by atoms with E-state index >= 15 is 0 Å². The third-order valence-corrected chi connectivity index (χ3v) is 8.55. The van der Waals surface area contributed by atoms with Crippen LogP contribution in [0, 0.1) is 11.3 Å². The van der Waals surface area contributed by atoms with Crippen LogP contribution in [0.15, 0.2) is 103 Å². The molecule has 0 atom stereocenters. The number of nitriles is 1. The summed E-state index contributed by atoms with van der Waals surface area (Å²) in [4.78, 5) is 17.3. The molecule has 40 heavy (non-hydrogen) atoms. The van der Waals surface area contributed by atoms with Crippen LogP contribution in [0.2, 0.25) is 0 Å². The number of hydrogen-bond acceptors (Lipinski definition) is 7. The van der Waals surface area contributed by atoms with E-state index in [4.69, 9.17) is 19.8 Å². The van der Waals surface area contributed by atoms with Crippen LogP contribution in [0.4, 0.5) is 17.1 Å². The van der Waals surface area contributed by atoms with Crippen LogP contribution in [0.3, 0.4) is 0 Å². The van der Waals surface area contributed by atoms with Gasteiger partial charge in [-0.1, -0.05) is 12.1 Å². The average Bonchev–Trinajstić information content (AvgIpc) is 3.67. The van der Waals surface area contributed by atoms with E-state index in [1.54, 1.807) is 31.6 Å². The predicted molar refractivity (Wildman–Crippen MR) is 162 cm³/mol. The molecule has 0 bridgehead atoms. The van der Waals surface area contributed by atoms with Gasteiger partial charge in [-0.05, 0) is 96.6 Å². The second-order valence-electron chi connectivity index (χ2n) is 8.62. The van der Waals surface area contributed by atoms with E-state index in [0.717, 1.165) is 53.6 Å². The van der Waals surface area contributed by atoms with Gasteiger partial charge in [0.15, 0.2) is 0 Å². The Morgan fingerprint density at radius 2 is 1.20 bits per heavy atom. The largest absolute Gasteiger partial charge is 0.497 e. The Hall–Kier alpha value is -4.84. The molecular weight excluding hydrogens is 540 g/mol. The molecule has 0 aliphatic heterocycles. The number of rotatable bonds is 9. The van der Waals surface area contributed by atoms with Gasteiger partial charge in [-0.3, -0.25) is 0 Å². The summed E-state index contributed by atoms with van der Waals surface area (Å²) in [6.07, 6.45) is 1.40. The Morgan fingerprint density at radius 1 is 0.725 bits per heavy atom. The monoisotopic (exact) mass is 564 g/mol. The van der Waals surface area contributed by atoms with Crippen LogP contribution in [-0.4, -0.2) is 25.3 Å². The number of nitrogens with zero attached hydrogens (tertiary/aromatic N) is 2. The van der Waals surface area contributed by atoms with Gasteiger partial charge in [0.05, 0.1) is 14.2 Å². The van der Waals surface area contributed by atoms with E-state index in [-0.39, 0.29) is 5.57 Å². The molecule has 0 unspecified atom stereocenters. The Bertz CT molecular complexity index is 1650. The summed E-state index contributed by atoms with van der Waals surface area (Å²) in [5.74, 6) is 0.365. The summed E-state index contributed by atoms with van der Waals surface area (Å²) >= 11 is 3.12. The quantitative estimate of drug-likeness (QED) is 0.143. The third kappa shape index (κ3) is 5.76. The number of carbonyl (C=O) groups is 1. The summed E-state index contributed by atoms with van der Waals surface area (Å²) < 4.78 is 10.7. The first-order chi connectivity index (χ1) is 19.5. The number of thiophene rings is 2. The molecule has 2 heterocycles. The Balaban J connectivity index is 1.42. The van der Waals surface area contributed by atoms with Crippen LogP contribution in [-0.2, 0) is 4.79 Å².